The highest BCUT2D eigenvalue weighted by Gasteiger charge is 2.24. The van der Waals surface area contributed by atoms with Crippen LogP contribution < -0.4 is 0 Å². The lowest BCUT2D eigenvalue weighted by Crippen LogP contribution is -2.40. The smallest absolute Gasteiger partial charge is 0.410 e. The third kappa shape index (κ3) is 3.93. The molecule has 1 amide bonds. The first-order valence-corrected chi connectivity index (χ1v) is 5.48. The number of carbonyl (C=O) groups is 1. The standard InChI is InChI=1S/C12H18N2O2/c1-12(2,3)16-11(15)14-8-4-5-10(9-14)6-7-13/h6H,4-5,8-9H2,1-3H3/b10-6+. The second kappa shape index (κ2) is 5.02. The summed E-state index contributed by atoms with van der Waals surface area (Å²) in [5, 5.41) is 8.57. The van der Waals surface area contributed by atoms with Gasteiger partial charge < -0.3 is 9.64 Å². The van der Waals surface area contributed by atoms with Crippen LogP contribution >= 0.6 is 0 Å². The van der Waals surface area contributed by atoms with Gasteiger partial charge in [0.25, 0.3) is 0 Å². The van der Waals surface area contributed by atoms with E-state index in [9.17, 15) is 4.79 Å². The highest BCUT2D eigenvalue weighted by Crippen LogP contribution is 2.18. The molecule has 0 bridgehead atoms. The summed E-state index contributed by atoms with van der Waals surface area (Å²) in [4.78, 5) is 13.4. The van der Waals surface area contributed by atoms with Crippen molar-refractivity contribution in [3.8, 4) is 6.07 Å². The van der Waals surface area contributed by atoms with Crippen LogP contribution in [0.25, 0.3) is 0 Å². The van der Waals surface area contributed by atoms with Crippen molar-refractivity contribution < 1.29 is 9.53 Å². The summed E-state index contributed by atoms with van der Waals surface area (Å²) in [5.74, 6) is 0. The molecule has 1 fully saturated rings. The van der Waals surface area contributed by atoms with Gasteiger partial charge in [0.2, 0.25) is 0 Å². The average Bonchev–Trinajstić information content (AvgIpc) is 2.16. The number of piperidine rings is 1. The van der Waals surface area contributed by atoms with Gasteiger partial charge in [-0.25, -0.2) is 4.79 Å². The van der Waals surface area contributed by atoms with Crippen molar-refractivity contribution >= 4 is 6.09 Å². The van der Waals surface area contributed by atoms with Crippen LogP contribution in [0.4, 0.5) is 4.79 Å². The SMILES string of the molecule is CC(C)(C)OC(=O)N1CCC/C(=C\C#N)C1. The fourth-order valence-corrected chi connectivity index (χ4v) is 1.59. The van der Waals surface area contributed by atoms with E-state index in [-0.39, 0.29) is 6.09 Å². The molecule has 1 saturated heterocycles. The summed E-state index contributed by atoms with van der Waals surface area (Å²) >= 11 is 0. The number of ether oxygens (including phenoxy) is 1. The Morgan fingerprint density at radius 3 is 2.81 bits per heavy atom. The van der Waals surface area contributed by atoms with Crippen molar-refractivity contribution in [2.24, 2.45) is 0 Å². The predicted octanol–water partition coefficient (Wildman–Crippen LogP) is 2.47. The maximum Gasteiger partial charge on any atom is 0.410 e. The van der Waals surface area contributed by atoms with E-state index >= 15 is 0 Å². The van der Waals surface area contributed by atoms with E-state index in [1.54, 1.807) is 4.90 Å². The Morgan fingerprint density at radius 2 is 2.25 bits per heavy atom. The van der Waals surface area contributed by atoms with E-state index in [2.05, 4.69) is 0 Å². The number of hydrogen-bond donors (Lipinski definition) is 0. The number of nitriles is 1. The van der Waals surface area contributed by atoms with E-state index in [4.69, 9.17) is 10.00 Å². The number of rotatable bonds is 0. The Labute approximate surface area is 96.5 Å². The number of allylic oxidation sites excluding steroid dienone is 1. The molecule has 0 atom stereocenters. The molecule has 0 unspecified atom stereocenters. The maximum absolute atomic E-state index is 11.8. The van der Waals surface area contributed by atoms with Crippen molar-refractivity contribution in [3.63, 3.8) is 0 Å². The van der Waals surface area contributed by atoms with Crippen molar-refractivity contribution in [1.29, 1.82) is 5.26 Å². The monoisotopic (exact) mass is 222 g/mol. The fraction of sp³-hybridized carbons (Fsp3) is 0.667. The van der Waals surface area contributed by atoms with Crippen LogP contribution in [0.1, 0.15) is 33.6 Å². The van der Waals surface area contributed by atoms with Gasteiger partial charge >= 0.3 is 6.09 Å². The summed E-state index contributed by atoms with van der Waals surface area (Å²) in [6, 6.07) is 2.00. The molecule has 0 spiro atoms. The maximum atomic E-state index is 11.8. The van der Waals surface area contributed by atoms with Crippen LogP contribution in [-0.4, -0.2) is 29.7 Å². The zero-order valence-corrected chi connectivity index (χ0v) is 10.1. The number of likely N-dealkylation sites (tertiary alicyclic amines) is 1. The minimum absolute atomic E-state index is 0.295. The minimum atomic E-state index is -0.465. The van der Waals surface area contributed by atoms with Gasteiger partial charge in [0.1, 0.15) is 5.60 Å². The Morgan fingerprint density at radius 1 is 1.56 bits per heavy atom. The van der Waals surface area contributed by atoms with E-state index in [0.717, 1.165) is 18.4 Å². The first-order chi connectivity index (χ1) is 7.42. The molecule has 0 N–H and O–H groups in total. The summed E-state index contributed by atoms with van der Waals surface area (Å²) in [6.07, 6.45) is 3.02. The van der Waals surface area contributed by atoms with E-state index in [0.29, 0.717) is 13.1 Å². The van der Waals surface area contributed by atoms with E-state index < -0.39 is 5.60 Å². The molecular formula is C12H18N2O2. The minimum Gasteiger partial charge on any atom is -0.444 e. The van der Waals surface area contributed by atoms with Gasteiger partial charge in [0.15, 0.2) is 0 Å². The first-order valence-electron chi connectivity index (χ1n) is 5.48. The van der Waals surface area contributed by atoms with E-state index in [1.807, 2.05) is 26.8 Å². The number of amides is 1. The van der Waals surface area contributed by atoms with Crippen LogP contribution in [0.3, 0.4) is 0 Å². The van der Waals surface area contributed by atoms with Crippen LogP contribution in [0.5, 0.6) is 0 Å². The predicted molar refractivity (Wildman–Crippen MR) is 60.7 cm³/mol. The zero-order valence-electron chi connectivity index (χ0n) is 10.1. The summed E-state index contributed by atoms with van der Waals surface area (Å²) in [7, 11) is 0. The molecule has 1 rings (SSSR count). The lowest BCUT2D eigenvalue weighted by molar-refractivity contribution is 0.0247. The fourth-order valence-electron chi connectivity index (χ4n) is 1.59. The van der Waals surface area contributed by atoms with Gasteiger partial charge in [-0.3, -0.25) is 0 Å². The Hall–Kier alpha value is -1.50. The lowest BCUT2D eigenvalue weighted by atomic mass is 10.1. The third-order valence-corrected chi connectivity index (χ3v) is 2.24. The Balaban J connectivity index is 2.58. The van der Waals surface area contributed by atoms with Crippen LogP contribution in [0.15, 0.2) is 11.6 Å². The molecule has 0 aromatic rings. The van der Waals surface area contributed by atoms with Gasteiger partial charge in [-0.1, -0.05) is 0 Å². The number of hydrogen-bond acceptors (Lipinski definition) is 3. The first kappa shape index (κ1) is 12.6. The molecule has 1 aliphatic rings. The number of carbonyl (C=O) groups excluding carboxylic acids is 1. The highest BCUT2D eigenvalue weighted by atomic mass is 16.6. The topological polar surface area (TPSA) is 53.3 Å². The second-order valence-electron chi connectivity index (χ2n) is 4.94. The summed E-state index contributed by atoms with van der Waals surface area (Å²) in [6.45, 7) is 6.77. The molecule has 1 heterocycles. The molecule has 0 aliphatic carbocycles. The molecular weight excluding hydrogens is 204 g/mol. The molecule has 4 heteroatoms. The molecule has 88 valence electrons. The average molecular weight is 222 g/mol. The van der Waals surface area contributed by atoms with Gasteiger partial charge in [0.05, 0.1) is 6.07 Å². The molecule has 0 aromatic carbocycles. The zero-order chi connectivity index (χ0) is 12.2. The number of nitrogens with zero attached hydrogens (tertiary/aromatic N) is 2. The molecule has 0 radical (unpaired) electrons. The molecule has 1 aliphatic heterocycles. The van der Waals surface area contributed by atoms with Crippen molar-refractivity contribution in [1.82, 2.24) is 4.90 Å². The van der Waals surface area contributed by atoms with Gasteiger partial charge in [-0.2, -0.15) is 5.26 Å². The quantitative estimate of drug-likeness (QED) is 0.591. The van der Waals surface area contributed by atoms with Crippen molar-refractivity contribution in [2.75, 3.05) is 13.1 Å². The Bertz CT molecular complexity index is 334. The van der Waals surface area contributed by atoms with Gasteiger partial charge in [-0.05, 0) is 39.2 Å². The van der Waals surface area contributed by atoms with Gasteiger partial charge in [-0.15, -0.1) is 0 Å². The van der Waals surface area contributed by atoms with Crippen LogP contribution in [0, 0.1) is 11.3 Å². The lowest BCUT2D eigenvalue weighted by Gasteiger charge is -2.30. The van der Waals surface area contributed by atoms with E-state index in [1.165, 1.54) is 6.08 Å². The van der Waals surface area contributed by atoms with Crippen LogP contribution in [-0.2, 0) is 4.74 Å². The van der Waals surface area contributed by atoms with Crippen molar-refractivity contribution in [2.45, 2.75) is 39.2 Å². The molecule has 0 saturated carbocycles. The largest absolute Gasteiger partial charge is 0.444 e. The van der Waals surface area contributed by atoms with Gasteiger partial charge in [0, 0.05) is 19.2 Å². The van der Waals surface area contributed by atoms with Crippen molar-refractivity contribution in [3.05, 3.63) is 11.6 Å². The molecule has 0 aromatic heterocycles. The normalized spacial score (nSPS) is 19.4. The third-order valence-electron chi connectivity index (χ3n) is 2.24. The Kier molecular flexibility index (Phi) is 3.94. The summed E-state index contributed by atoms with van der Waals surface area (Å²) in [5.41, 5.74) is 0.535. The molecule has 4 nitrogen and oxygen atoms in total. The highest BCUT2D eigenvalue weighted by molar-refractivity contribution is 5.68. The summed E-state index contributed by atoms with van der Waals surface area (Å²) < 4.78 is 5.28. The molecule has 16 heavy (non-hydrogen) atoms. The second-order valence-corrected chi connectivity index (χ2v) is 4.94. The van der Waals surface area contributed by atoms with Crippen LogP contribution in [0.2, 0.25) is 0 Å².